The van der Waals surface area contributed by atoms with Gasteiger partial charge in [0.2, 0.25) is 6.10 Å². The molecule has 126 valence electrons. The van der Waals surface area contributed by atoms with Gasteiger partial charge in [0.25, 0.3) is 5.91 Å². The minimum atomic E-state index is -0.935. The summed E-state index contributed by atoms with van der Waals surface area (Å²) < 4.78 is 5.89. The molecule has 0 aliphatic carbocycles. The number of carbonyl (C=O) groups excluding carboxylic acids is 1. The molecule has 5 heteroatoms. The van der Waals surface area contributed by atoms with Crippen LogP contribution in [0.1, 0.15) is 18.6 Å². The summed E-state index contributed by atoms with van der Waals surface area (Å²) in [5.74, 6) is -1.28. The van der Waals surface area contributed by atoms with Gasteiger partial charge < -0.3 is 14.7 Å². The topological polar surface area (TPSA) is 66.8 Å². The average molecular weight is 327 g/mol. The number of hydrogen-bond donors (Lipinski definition) is 1. The Morgan fingerprint density at radius 2 is 1.58 bits per heavy atom. The molecule has 0 radical (unpaired) electrons. The minimum Gasteiger partial charge on any atom is -0.481 e. The standard InChI is InChI=1S/C19H21NO4/c1-14(19(22)23)13-20(2)18(21)17(15-9-5-3-6-10-15)24-16-11-7-4-8-12-16/h3-12,14,17H,13H2,1-2H3,(H,22,23). The van der Waals surface area contributed by atoms with Crippen LogP contribution in [-0.4, -0.2) is 35.5 Å². The zero-order chi connectivity index (χ0) is 17.5. The molecule has 1 amide bonds. The molecule has 5 nitrogen and oxygen atoms in total. The van der Waals surface area contributed by atoms with Gasteiger partial charge in [0.05, 0.1) is 5.92 Å². The molecule has 2 rings (SSSR count). The van der Waals surface area contributed by atoms with E-state index in [1.807, 2.05) is 48.5 Å². The van der Waals surface area contributed by atoms with Gasteiger partial charge in [-0.05, 0) is 12.1 Å². The van der Waals surface area contributed by atoms with E-state index in [1.165, 1.54) is 4.90 Å². The largest absolute Gasteiger partial charge is 0.481 e. The highest BCUT2D eigenvalue weighted by Crippen LogP contribution is 2.23. The molecule has 0 saturated heterocycles. The number of ether oxygens (including phenoxy) is 1. The molecular weight excluding hydrogens is 306 g/mol. The number of likely N-dealkylation sites (N-methyl/N-ethyl adjacent to an activating group) is 1. The summed E-state index contributed by atoms with van der Waals surface area (Å²) in [7, 11) is 1.59. The van der Waals surface area contributed by atoms with E-state index in [1.54, 1.807) is 26.1 Å². The maximum atomic E-state index is 12.8. The fourth-order valence-corrected chi connectivity index (χ4v) is 2.30. The molecule has 0 fully saturated rings. The molecule has 0 spiro atoms. The molecule has 2 aromatic carbocycles. The zero-order valence-corrected chi connectivity index (χ0v) is 13.8. The van der Waals surface area contributed by atoms with E-state index >= 15 is 0 Å². The molecule has 0 bridgehead atoms. The first-order valence-corrected chi connectivity index (χ1v) is 7.73. The van der Waals surface area contributed by atoms with Gasteiger partial charge in [-0.3, -0.25) is 9.59 Å². The molecule has 0 saturated carbocycles. The summed E-state index contributed by atoms with van der Waals surface area (Å²) in [6.45, 7) is 1.69. The van der Waals surface area contributed by atoms with Gasteiger partial charge in [0.15, 0.2) is 0 Å². The van der Waals surface area contributed by atoms with Gasteiger partial charge in [-0.1, -0.05) is 55.5 Å². The summed E-state index contributed by atoms with van der Waals surface area (Å²) in [4.78, 5) is 25.2. The highest BCUT2D eigenvalue weighted by atomic mass is 16.5. The molecule has 0 aromatic heterocycles. The van der Waals surface area contributed by atoms with Crippen molar-refractivity contribution in [3.63, 3.8) is 0 Å². The number of carboxylic acid groups (broad SMARTS) is 1. The molecule has 1 N–H and O–H groups in total. The normalized spacial score (nSPS) is 12.9. The van der Waals surface area contributed by atoms with E-state index in [2.05, 4.69) is 0 Å². The Kier molecular flexibility index (Phi) is 5.95. The van der Waals surface area contributed by atoms with Crippen LogP contribution in [0.15, 0.2) is 60.7 Å². The van der Waals surface area contributed by atoms with Crippen LogP contribution >= 0.6 is 0 Å². The number of rotatable bonds is 7. The second-order valence-corrected chi connectivity index (χ2v) is 5.68. The van der Waals surface area contributed by atoms with E-state index in [0.717, 1.165) is 5.56 Å². The first-order chi connectivity index (χ1) is 11.5. The fourth-order valence-electron chi connectivity index (χ4n) is 2.30. The number of carboxylic acids is 1. The van der Waals surface area contributed by atoms with E-state index in [4.69, 9.17) is 9.84 Å². The van der Waals surface area contributed by atoms with Crippen molar-refractivity contribution in [2.75, 3.05) is 13.6 Å². The van der Waals surface area contributed by atoms with Crippen LogP contribution in [-0.2, 0) is 9.59 Å². The fraction of sp³-hybridized carbons (Fsp3) is 0.263. The Balaban J connectivity index is 2.22. The van der Waals surface area contributed by atoms with E-state index in [9.17, 15) is 9.59 Å². The molecule has 0 aliphatic heterocycles. The highest BCUT2D eigenvalue weighted by molar-refractivity contribution is 5.83. The summed E-state index contributed by atoms with van der Waals surface area (Å²) in [5, 5.41) is 9.03. The van der Waals surface area contributed by atoms with Crippen LogP contribution in [0.4, 0.5) is 0 Å². The highest BCUT2D eigenvalue weighted by Gasteiger charge is 2.27. The van der Waals surface area contributed by atoms with Crippen molar-refractivity contribution in [1.82, 2.24) is 4.90 Å². The Morgan fingerprint density at radius 3 is 2.12 bits per heavy atom. The first-order valence-electron chi connectivity index (χ1n) is 7.73. The number of benzene rings is 2. The Morgan fingerprint density at radius 1 is 1.04 bits per heavy atom. The number of amides is 1. The predicted octanol–water partition coefficient (Wildman–Crippen LogP) is 2.99. The maximum Gasteiger partial charge on any atom is 0.308 e. The molecule has 2 atom stereocenters. The second kappa shape index (κ2) is 8.15. The zero-order valence-electron chi connectivity index (χ0n) is 13.8. The van der Waals surface area contributed by atoms with E-state index in [-0.39, 0.29) is 12.5 Å². The summed E-state index contributed by atoms with van der Waals surface area (Å²) in [6.07, 6.45) is -0.820. The second-order valence-electron chi connectivity index (χ2n) is 5.68. The lowest BCUT2D eigenvalue weighted by molar-refractivity contribution is -0.144. The lowest BCUT2D eigenvalue weighted by Crippen LogP contribution is -2.38. The van der Waals surface area contributed by atoms with Crippen LogP contribution < -0.4 is 4.74 Å². The van der Waals surface area contributed by atoms with Gasteiger partial charge in [0.1, 0.15) is 5.75 Å². The van der Waals surface area contributed by atoms with Crippen molar-refractivity contribution in [3.05, 3.63) is 66.2 Å². The summed E-state index contributed by atoms with van der Waals surface area (Å²) in [5.41, 5.74) is 0.723. The lowest BCUT2D eigenvalue weighted by Gasteiger charge is -2.26. The van der Waals surface area contributed by atoms with Crippen LogP contribution in [0.3, 0.4) is 0 Å². The third-order valence-electron chi connectivity index (χ3n) is 3.67. The van der Waals surface area contributed by atoms with Crippen LogP contribution in [0.2, 0.25) is 0 Å². The number of hydrogen-bond acceptors (Lipinski definition) is 3. The van der Waals surface area contributed by atoms with Crippen LogP contribution in [0.5, 0.6) is 5.75 Å². The summed E-state index contributed by atoms with van der Waals surface area (Å²) >= 11 is 0. The lowest BCUT2D eigenvalue weighted by atomic mass is 10.1. The monoisotopic (exact) mass is 327 g/mol. The summed E-state index contributed by atoms with van der Waals surface area (Å²) in [6, 6.07) is 18.3. The van der Waals surface area contributed by atoms with Gasteiger partial charge >= 0.3 is 5.97 Å². The van der Waals surface area contributed by atoms with Crippen molar-refractivity contribution in [2.45, 2.75) is 13.0 Å². The number of para-hydroxylation sites is 1. The quantitative estimate of drug-likeness (QED) is 0.849. The number of nitrogens with zero attached hydrogens (tertiary/aromatic N) is 1. The smallest absolute Gasteiger partial charge is 0.308 e. The van der Waals surface area contributed by atoms with Crippen molar-refractivity contribution in [3.8, 4) is 5.75 Å². The molecular formula is C19H21NO4. The average Bonchev–Trinajstić information content (AvgIpc) is 2.60. The van der Waals surface area contributed by atoms with E-state index < -0.39 is 18.0 Å². The van der Waals surface area contributed by atoms with Crippen LogP contribution in [0, 0.1) is 5.92 Å². The molecule has 2 unspecified atom stereocenters. The Hall–Kier alpha value is -2.82. The molecule has 0 aliphatic rings. The van der Waals surface area contributed by atoms with Crippen molar-refractivity contribution in [2.24, 2.45) is 5.92 Å². The van der Waals surface area contributed by atoms with Gasteiger partial charge in [0, 0.05) is 19.2 Å². The van der Waals surface area contributed by atoms with Crippen molar-refractivity contribution < 1.29 is 19.4 Å². The molecule has 0 heterocycles. The Bertz CT molecular complexity index is 672. The van der Waals surface area contributed by atoms with Gasteiger partial charge in [-0.2, -0.15) is 0 Å². The Labute approximate surface area is 141 Å². The predicted molar refractivity (Wildman–Crippen MR) is 90.7 cm³/mol. The SMILES string of the molecule is CC(CN(C)C(=O)C(Oc1ccccc1)c1ccccc1)C(=O)O. The number of aliphatic carboxylic acids is 1. The minimum absolute atomic E-state index is 0.121. The first kappa shape index (κ1) is 17.5. The molecule has 24 heavy (non-hydrogen) atoms. The van der Waals surface area contributed by atoms with Crippen molar-refractivity contribution >= 4 is 11.9 Å². The van der Waals surface area contributed by atoms with Crippen LogP contribution in [0.25, 0.3) is 0 Å². The molecule has 2 aromatic rings. The van der Waals surface area contributed by atoms with E-state index in [0.29, 0.717) is 5.75 Å². The maximum absolute atomic E-state index is 12.8. The third-order valence-corrected chi connectivity index (χ3v) is 3.67. The van der Waals surface area contributed by atoms with Gasteiger partial charge in [-0.25, -0.2) is 0 Å². The van der Waals surface area contributed by atoms with Crippen molar-refractivity contribution in [1.29, 1.82) is 0 Å². The number of carbonyl (C=O) groups is 2. The van der Waals surface area contributed by atoms with Gasteiger partial charge in [-0.15, -0.1) is 0 Å². The third kappa shape index (κ3) is 4.59.